The smallest absolute Gasteiger partial charge is 0.225 e. The van der Waals surface area contributed by atoms with Gasteiger partial charge in [-0.1, -0.05) is 30.3 Å². The predicted molar refractivity (Wildman–Crippen MR) is 97.5 cm³/mol. The Hall–Kier alpha value is -2.16. The van der Waals surface area contributed by atoms with Crippen LogP contribution in [0.2, 0.25) is 0 Å². The van der Waals surface area contributed by atoms with Crippen molar-refractivity contribution in [1.82, 2.24) is 4.90 Å². The largest absolute Gasteiger partial charge is 0.325 e. The van der Waals surface area contributed by atoms with Crippen LogP contribution in [-0.2, 0) is 17.8 Å². The van der Waals surface area contributed by atoms with Gasteiger partial charge in [0.15, 0.2) is 0 Å². The number of carbonyl (C=O) groups excluding carboxylic acids is 1. The minimum absolute atomic E-state index is 0.0662. The molecule has 1 amide bonds. The van der Waals surface area contributed by atoms with Crippen molar-refractivity contribution in [2.24, 2.45) is 0 Å². The third-order valence-electron chi connectivity index (χ3n) is 4.26. The van der Waals surface area contributed by atoms with E-state index in [0.717, 1.165) is 26.1 Å². The van der Waals surface area contributed by atoms with Gasteiger partial charge < -0.3 is 5.32 Å². The van der Waals surface area contributed by atoms with Crippen LogP contribution in [0, 0.1) is 11.3 Å². The molecule has 24 heavy (non-hydrogen) atoms. The molecule has 1 aliphatic rings. The van der Waals surface area contributed by atoms with Crippen molar-refractivity contribution in [2.45, 2.75) is 19.4 Å². The van der Waals surface area contributed by atoms with Gasteiger partial charge in [0.05, 0.1) is 11.3 Å². The Balaban J connectivity index is 1.56. The first-order chi connectivity index (χ1) is 11.7. The second-order valence-corrected chi connectivity index (χ2v) is 6.72. The third-order valence-corrected chi connectivity index (χ3v) is 4.93. The number of carbonyl (C=O) groups is 1. The standard InChI is InChI=1S/C19H18BrN3O/c20-17-6-3-7-18(16(17)12-21)22-19(24)9-11-23-10-8-14-4-1-2-5-15(14)13-23/h1-7H,8-11,13H2,(H,22,24). The summed E-state index contributed by atoms with van der Waals surface area (Å²) in [5.74, 6) is -0.0662. The van der Waals surface area contributed by atoms with E-state index in [4.69, 9.17) is 0 Å². The molecule has 0 atom stereocenters. The molecule has 2 aromatic rings. The summed E-state index contributed by atoms with van der Waals surface area (Å²) in [7, 11) is 0. The second-order valence-electron chi connectivity index (χ2n) is 5.87. The number of fused-ring (bicyclic) bond motifs is 1. The van der Waals surface area contributed by atoms with Crippen molar-refractivity contribution in [3.8, 4) is 6.07 Å². The van der Waals surface area contributed by atoms with Crippen LogP contribution in [0.3, 0.4) is 0 Å². The minimum atomic E-state index is -0.0662. The molecule has 0 fully saturated rings. The quantitative estimate of drug-likeness (QED) is 0.875. The van der Waals surface area contributed by atoms with Crippen molar-refractivity contribution in [2.75, 3.05) is 18.4 Å². The number of hydrogen-bond acceptors (Lipinski definition) is 3. The average molecular weight is 384 g/mol. The Morgan fingerprint density at radius 2 is 2.00 bits per heavy atom. The molecule has 3 rings (SSSR count). The van der Waals surface area contributed by atoms with Gasteiger partial charge in [-0.2, -0.15) is 5.26 Å². The summed E-state index contributed by atoms with van der Waals surface area (Å²) in [6, 6.07) is 15.9. The number of amides is 1. The minimum Gasteiger partial charge on any atom is -0.325 e. The molecule has 1 heterocycles. The van der Waals surface area contributed by atoms with Gasteiger partial charge in [0.25, 0.3) is 0 Å². The van der Waals surface area contributed by atoms with E-state index in [1.54, 1.807) is 12.1 Å². The summed E-state index contributed by atoms with van der Waals surface area (Å²) in [6.07, 6.45) is 1.45. The first-order valence-electron chi connectivity index (χ1n) is 7.95. The maximum atomic E-state index is 12.2. The number of nitrogens with one attached hydrogen (secondary N) is 1. The van der Waals surface area contributed by atoms with Crippen LogP contribution in [0.1, 0.15) is 23.1 Å². The number of benzene rings is 2. The van der Waals surface area contributed by atoms with Crippen LogP contribution in [0.5, 0.6) is 0 Å². The van der Waals surface area contributed by atoms with Gasteiger partial charge in [0.2, 0.25) is 5.91 Å². The zero-order valence-corrected chi connectivity index (χ0v) is 14.8. The number of nitriles is 1. The average Bonchev–Trinajstić information content (AvgIpc) is 2.60. The van der Waals surface area contributed by atoms with Gasteiger partial charge in [-0.25, -0.2) is 0 Å². The molecule has 1 N–H and O–H groups in total. The first kappa shape index (κ1) is 16.7. The molecule has 0 bridgehead atoms. The molecule has 0 aromatic heterocycles. The van der Waals surface area contributed by atoms with Gasteiger partial charge in [0.1, 0.15) is 6.07 Å². The molecular weight excluding hydrogens is 366 g/mol. The Kier molecular flexibility index (Phi) is 5.29. The summed E-state index contributed by atoms with van der Waals surface area (Å²) in [6.45, 7) is 2.59. The maximum absolute atomic E-state index is 12.2. The number of anilines is 1. The monoisotopic (exact) mass is 383 g/mol. The third kappa shape index (κ3) is 3.84. The number of halogens is 1. The van der Waals surface area contributed by atoms with E-state index in [1.165, 1.54) is 11.1 Å². The fourth-order valence-electron chi connectivity index (χ4n) is 2.96. The molecule has 122 valence electrons. The second kappa shape index (κ2) is 7.61. The molecule has 0 saturated carbocycles. The summed E-state index contributed by atoms with van der Waals surface area (Å²) < 4.78 is 0.690. The summed E-state index contributed by atoms with van der Waals surface area (Å²) >= 11 is 3.33. The number of nitrogens with zero attached hydrogens (tertiary/aromatic N) is 2. The summed E-state index contributed by atoms with van der Waals surface area (Å²) in [4.78, 5) is 14.5. The topological polar surface area (TPSA) is 56.1 Å². The highest BCUT2D eigenvalue weighted by Crippen LogP contribution is 2.24. The summed E-state index contributed by atoms with van der Waals surface area (Å²) in [5.41, 5.74) is 3.77. The van der Waals surface area contributed by atoms with E-state index in [1.807, 2.05) is 6.07 Å². The lowest BCUT2D eigenvalue weighted by atomic mass is 10.00. The SMILES string of the molecule is N#Cc1c(Br)cccc1NC(=O)CCN1CCc2ccccc2C1. The highest BCUT2D eigenvalue weighted by molar-refractivity contribution is 9.10. The first-order valence-corrected chi connectivity index (χ1v) is 8.74. The number of rotatable bonds is 4. The molecule has 0 aliphatic carbocycles. The highest BCUT2D eigenvalue weighted by atomic mass is 79.9. The summed E-state index contributed by atoms with van der Waals surface area (Å²) in [5, 5.41) is 12.0. The van der Waals surface area contributed by atoms with E-state index < -0.39 is 0 Å². The van der Waals surface area contributed by atoms with Gasteiger partial charge in [-0.05, 0) is 45.6 Å². The Bertz CT molecular complexity index is 797. The van der Waals surface area contributed by atoms with Crippen LogP contribution in [0.25, 0.3) is 0 Å². The van der Waals surface area contributed by atoms with Crippen molar-refractivity contribution in [3.05, 3.63) is 63.6 Å². The fraction of sp³-hybridized carbons (Fsp3) is 0.263. The molecule has 0 spiro atoms. The fourth-order valence-corrected chi connectivity index (χ4v) is 3.41. The maximum Gasteiger partial charge on any atom is 0.225 e. The lowest BCUT2D eigenvalue weighted by Gasteiger charge is -2.28. The molecule has 2 aromatic carbocycles. The molecule has 5 heteroatoms. The zero-order valence-electron chi connectivity index (χ0n) is 13.3. The van der Waals surface area contributed by atoms with Crippen LogP contribution in [0.4, 0.5) is 5.69 Å². The molecular formula is C19H18BrN3O. The lowest BCUT2D eigenvalue weighted by molar-refractivity contribution is -0.116. The highest BCUT2D eigenvalue weighted by Gasteiger charge is 2.17. The van der Waals surface area contributed by atoms with E-state index in [9.17, 15) is 10.1 Å². The zero-order chi connectivity index (χ0) is 16.9. The molecule has 0 saturated heterocycles. The van der Waals surface area contributed by atoms with Crippen molar-refractivity contribution in [1.29, 1.82) is 5.26 Å². The van der Waals surface area contributed by atoms with E-state index in [0.29, 0.717) is 22.1 Å². The Labute approximate surface area is 150 Å². The Morgan fingerprint density at radius 1 is 1.21 bits per heavy atom. The number of hydrogen-bond donors (Lipinski definition) is 1. The van der Waals surface area contributed by atoms with Crippen LogP contribution >= 0.6 is 15.9 Å². The van der Waals surface area contributed by atoms with Crippen molar-refractivity contribution in [3.63, 3.8) is 0 Å². The lowest BCUT2D eigenvalue weighted by Crippen LogP contribution is -2.33. The normalized spacial score (nSPS) is 13.8. The van der Waals surface area contributed by atoms with Crippen LogP contribution in [0.15, 0.2) is 46.9 Å². The van der Waals surface area contributed by atoms with Crippen molar-refractivity contribution < 1.29 is 4.79 Å². The van der Waals surface area contributed by atoms with E-state index in [-0.39, 0.29) is 5.91 Å². The van der Waals surface area contributed by atoms with Gasteiger partial charge >= 0.3 is 0 Å². The van der Waals surface area contributed by atoms with E-state index >= 15 is 0 Å². The van der Waals surface area contributed by atoms with Gasteiger partial charge in [0, 0.05) is 30.5 Å². The van der Waals surface area contributed by atoms with Crippen LogP contribution < -0.4 is 5.32 Å². The van der Waals surface area contributed by atoms with E-state index in [2.05, 4.69) is 56.5 Å². The Morgan fingerprint density at radius 3 is 2.79 bits per heavy atom. The van der Waals surface area contributed by atoms with Crippen molar-refractivity contribution >= 4 is 27.5 Å². The van der Waals surface area contributed by atoms with Gasteiger partial charge in [-0.15, -0.1) is 0 Å². The molecule has 0 radical (unpaired) electrons. The molecule has 0 unspecified atom stereocenters. The predicted octanol–water partition coefficient (Wildman–Crippen LogP) is 3.71. The van der Waals surface area contributed by atoms with Crippen LogP contribution in [-0.4, -0.2) is 23.9 Å². The molecule has 1 aliphatic heterocycles. The van der Waals surface area contributed by atoms with Gasteiger partial charge in [-0.3, -0.25) is 9.69 Å². The molecule has 4 nitrogen and oxygen atoms in total.